The van der Waals surface area contributed by atoms with Gasteiger partial charge in [0.15, 0.2) is 5.58 Å². The number of anilines is 1. The second-order valence-corrected chi connectivity index (χ2v) is 6.72. The number of nitrogens with zero attached hydrogens (tertiary/aromatic N) is 1. The van der Waals surface area contributed by atoms with E-state index in [-0.39, 0.29) is 11.7 Å². The molecule has 1 aromatic heterocycles. The van der Waals surface area contributed by atoms with Crippen LogP contribution in [-0.2, 0) is 0 Å². The molecule has 29 heavy (non-hydrogen) atoms. The average molecular weight is 382 g/mol. The average Bonchev–Trinajstić information content (AvgIpc) is 3.17. The van der Waals surface area contributed by atoms with Gasteiger partial charge in [-0.15, -0.1) is 0 Å². The zero-order chi connectivity index (χ0) is 19.8. The van der Waals surface area contributed by atoms with Crippen LogP contribution in [0.1, 0.15) is 10.4 Å². The summed E-state index contributed by atoms with van der Waals surface area (Å²) in [5, 5.41) is 5.00. The first-order valence-corrected chi connectivity index (χ1v) is 9.12. The molecule has 0 spiro atoms. The molecule has 0 saturated heterocycles. The summed E-state index contributed by atoms with van der Waals surface area (Å²) in [7, 11) is 0. The van der Waals surface area contributed by atoms with Gasteiger partial charge in [0, 0.05) is 16.8 Å². The van der Waals surface area contributed by atoms with Crippen LogP contribution < -0.4 is 5.32 Å². The summed E-state index contributed by atoms with van der Waals surface area (Å²) in [5.41, 5.74) is 3.09. The fourth-order valence-electron chi connectivity index (χ4n) is 3.25. The number of halogens is 1. The van der Waals surface area contributed by atoms with E-state index in [0.717, 1.165) is 10.8 Å². The van der Waals surface area contributed by atoms with Gasteiger partial charge in [-0.1, -0.05) is 30.3 Å². The highest BCUT2D eigenvalue weighted by atomic mass is 19.1. The van der Waals surface area contributed by atoms with Crippen LogP contribution in [0.15, 0.2) is 89.3 Å². The molecule has 1 heterocycles. The van der Waals surface area contributed by atoms with Crippen molar-refractivity contribution >= 4 is 33.5 Å². The summed E-state index contributed by atoms with van der Waals surface area (Å²) in [5.74, 6) is -0.112. The van der Waals surface area contributed by atoms with Gasteiger partial charge in [0.1, 0.15) is 11.3 Å². The number of hydrogen-bond donors (Lipinski definition) is 1. The van der Waals surface area contributed by atoms with E-state index in [1.807, 2.05) is 36.4 Å². The Bertz CT molecular complexity index is 1360. The summed E-state index contributed by atoms with van der Waals surface area (Å²) in [4.78, 5) is 17.1. The van der Waals surface area contributed by atoms with Gasteiger partial charge in [0.2, 0.25) is 5.89 Å². The highest BCUT2D eigenvalue weighted by Gasteiger charge is 2.11. The second kappa shape index (κ2) is 6.87. The van der Waals surface area contributed by atoms with E-state index < -0.39 is 0 Å². The second-order valence-electron chi connectivity index (χ2n) is 6.72. The van der Waals surface area contributed by atoms with E-state index in [1.165, 1.54) is 12.1 Å². The molecule has 0 bridgehead atoms. The standard InChI is InChI=1S/C24H15FN2O2/c25-19-9-7-16(8-10-19)24-27-21-14-20(11-12-22(21)29-24)26-23(28)18-6-5-15-3-1-2-4-17(15)13-18/h1-14H,(H,26,28). The quantitative estimate of drug-likeness (QED) is 0.414. The lowest BCUT2D eigenvalue weighted by atomic mass is 10.1. The van der Waals surface area contributed by atoms with E-state index in [0.29, 0.717) is 33.8 Å². The maximum absolute atomic E-state index is 13.1. The zero-order valence-electron chi connectivity index (χ0n) is 15.2. The van der Waals surface area contributed by atoms with Gasteiger partial charge in [0.25, 0.3) is 5.91 Å². The lowest BCUT2D eigenvalue weighted by molar-refractivity contribution is 0.102. The molecule has 5 aromatic rings. The van der Waals surface area contributed by atoms with Crippen LogP contribution in [0.4, 0.5) is 10.1 Å². The summed E-state index contributed by atoms with van der Waals surface area (Å²) in [6, 6.07) is 24.7. The lowest BCUT2D eigenvalue weighted by Gasteiger charge is -2.06. The maximum Gasteiger partial charge on any atom is 0.255 e. The Morgan fingerprint density at radius 3 is 2.48 bits per heavy atom. The van der Waals surface area contributed by atoms with E-state index in [9.17, 15) is 9.18 Å². The van der Waals surface area contributed by atoms with E-state index >= 15 is 0 Å². The number of benzene rings is 4. The molecule has 4 nitrogen and oxygen atoms in total. The van der Waals surface area contributed by atoms with Gasteiger partial charge in [-0.25, -0.2) is 9.37 Å². The third-order valence-electron chi connectivity index (χ3n) is 4.75. The Labute approximate surface area is 165 Å². The number of fused-ring (bicyclic) bond motifs is 2. The van der Waals surface area contributed by atoms with Crippen LogP contribution in [0.3, 0.4) is 0 Å². The van der Waals surface area contributed by atoms with Crippen molar-refractivity contribution in [3.05, 3.63) is 96.3 Å². The molecule has 1 amide bonds. The maximum atomic E-state index is 13.1. The largest absolute Gasteiger partial charge is 0.436 e. The predicted molar refractivity (Wildman–Crippen MR) is 111 cm³/mol. The Kier molecular flexibility index (Phi) is 4.06. The number of amides is 1. The van der Waals surface area contributed by atoms with Gasteiger partial charge < -0.3 is 9.73 Å². The first kappa shape index (κ1) is 17.1. The normalized spacial score (nSPS) is 11.1. The Morgan fingerprint density at radius 2 is 1.66 bits per heavy atom. The molecule has 0 aliphatic carbocycles. The van der Waals surface area contributed by atoms with Crippen molar-refractivity contribution in [3.63, 3.8) is 0 Å². The third-order valence-corrected chi connectivity index (χ3v) is 4.75. The molecule has 0 saturated carbocycles. The van der Waals surface area contributed by atoms with Crippen molar-refractivity contribution in [1.82, 2.24) is 4.98 Å². The van der Waals surface area contributed by atoms with Gasteiger partial charge in [0.05, 0.1) is 0 Å². The molecular weight excluding hydrogens is 367 g/mol. The molecule has 0 aliphatic heterocycles. The number of hydrogen-bond acceptors (Lipinski definition) is 3. The third kappa shape index (κ3) is 3.34. The summed E-state index contributed by atoms with van der Waals surface area (Å²) in [6.45, 7) is 0. The number of aromatic nitrogens is 1. The van der Waals surface area contributed by atoms with Gasteiger partial charge in [-0.05, 0) is 65.4 Å². The van der Waals surface area contributed by atoms with Crippen molar-refractivity contribution in [1.29, 1.82) is 0 Å². The minimum Gasteiger partial charge on any atom is -0.436 e. The molecule has 140 valence electrons. The summed E-state index contributed by atoms with van der Waals surface area (Å²) >= 11 is 0. The predicted octanol–water partition coefficient (Wildman–Crippen LogP) is 6.04. The first-order chi connectivity index (χ1) is 14.2. The summed E-state index contributed by atoms with van der Waals surface area (Å²) in [6.07, 6.45) is 0. The van der Waals surface area contributed by atoms with Crippen molar-refractivity contribution in [2.45, 2.75) is 0 Å². The molecule has 5 rings (SSSR count). The minimum atomic E-state index is -0.316. The van der Waals surface area contributed by atoms with Crippen LogP contribution in [0.5, 0.6) is 0 Å². The highest BCUT2D eigenvalue weighted by Crippen LogP contribution is 2.26. The number of carbonyl (C=O) groups is 1. The van der Waals surface area contributed by atoms with Gasteiger partial charge >= 0.3 is 0 Å². The summed E-state index contributed by atoms with van der Waals surface area (Å²) < 4.78 is 18.9. The molecule has 4 aromatic carbocycles. The lowest BCUT2D eigenvalue weighted by Crippen LogP contribution is -2.11. The fourth-order valence-corrected chi connectivity index (χ4v) is 3.25. The Balaban J connectivity index is 1.42. The van der Waals surface area contributed by atoms with Gasteiger partial charge in [-0.2, -0.15) is 0 Å². The number of rotatable bonds is 3. The monoisotopic (exact) mass is 382 g/mol. The molecule has 0 fully saturated rings. The van der Waals surface area contributed by atoms with Crippen molar-refractivity contribution in [3.8, 4) is 11.5 Å². The topological polar surface area (TPSA) is 55.1 Å². The fraction of sp³-hybridized carbons (Fsp3) is 0. The van der Waals surface area contributed by atoms with Crippen LogP contribution in [0, 0.1) is 5.82 Å². The van der Waals surface area contributed by atoms with Crippen LogP contribution in [0.2, 0.25) is 0 Å². The molecule has 1 N–H and O–H groups in total. The molecule has 0 aliphatic rings. The van der Waals surface area contributed by atoms with Crippen LogP contribution >= 0.6 is 0 Å². The molecule has 0 unspecified atom stereocenters. The van der Waals surface area contributed by atoms with Crippen LogP contribution in [-0.4, -0.2) is 10.9 Å². The molecule has 0 atom stereocenters. The number of oxazole rings is 1. The Morgan fingerprint density at radius 1 is 0.862 bits per heavy atom. The van der Waals surface area contributed by atoms with Gasteiger partial charge in [-0.3, -0.25) is 4.79 Å². The molecule has 0 radical (unpaired) electrons. The smallest absolute Gasteiger partial charge is 0.255 e. The molecular formula is C24H15FN2O2. The number of nitrogens with one attached hydrogen (secondary N) is 1. The highest BCUT2D eigenvalue weighted by molar-refractivity contribution is 6.07. The zero-order valence-corrected chi connectivity index (χ0v) is 15.2. The van der Waals surface area contributed by atoms with Crippen molar-refractivity contribution in [2.24, 2.45) is 0 Å². The van der Waals surface area contributed by atoms with E-state index in [1.54, 1.807) is 36.4 Å². The Hall–Kier alpha value is -3.99. The molecule has 5 heteroatoms. The van der Waals surface area contributed by atoms with Crippen molar-refractivity contribution in [2.75, 3.05) is 5.32 Å². The first-order valence-electron chi connectivity index (χ1n) is 9.12. The van der Waals surface area contributed by atoms with E-state index in [2.05, 4.69) is 10.3 Å². The van der Waals surface area contributed by atoms with E-state index in [4.69, 9.17) is 4.42 Å². The van der Waals surface area contributed by atoms with Crippen molar-refractivity contribution < 1.29 is 13.6 Å². The minimum absolute atomic E-state index is 0.197. The van der Waals surface area contributed by atoms with Crippen LogP contribution in [0.25, 0.3) is 33.3 Å². The number of carbonyl (C=O) groups excluding carboxylic acids is 1. The SMILES string of the molecule is O=C(Nc1ccc2oc(-c3ccc(F)cc3)nc2c1)c1ccc2ccccc2c1.